The van der Waals surface area contributed by atoms with Gasteiger partial charge in [0.15, 0.2) is 0 Å². The van der Waals surface area contributed by atoms with Gasteiger partial charge in [-0.15, -0.1) is 0 Å². The van der Waals surface area contributed by atoms with Crippen molar-refractivity contribution >= 4 is 12.8 Å². The van der Waals surface area contributed by atoms with Crippen LogP contribution in [-0.4, -0.2) is 22.4 Å². The zero-order chi connectivity index (χ0) is 11.1. The third kappa shape index (κ3) is 5.80. The minimum atomic E-state index is 0.745. The van der Waals surface area contributed by atoms with Gasteiger partial charge in [0.25, 0.3) is 0 Å². The molecule has 3 heteroatoms. The second-order valence-corrected chi connectivity index (χ2v) is 4.77. The summed E-state index contributed by atoms with van der Waals surface area (Å²) in [6.07, 6.45) is 4.01. The number of rotatable bonds is 6. The zero-order valence-corrected chi connectivity index (χ0v) is 10.5. The molecule has 2 nitrogen and oxygen atoms in total. The summed E-state index contributed by atoms with van der Waals surface area (Å²) >= 11 is 4.44. The molecule has 0 fully saturated rings. The van der Waals surface area contributed by atoms with Crippen LogP contribution in [0.2, 0.25) is 0 Å². The number of thiol groups is 1. The first-order valence-electron chi connectivity index (χ1n) is 5.52. The Morgan fingerprint density at radius 3 is 2.73 bits per heavy atom. The average molecular weight is 224 g/mol. The van der Waals surface area contributed by atoms with Crippen molar-refractivity contribution in [3.8, 4) is 0 Å². The summed E-state index contributed by atoms with van der Waals surface area (Å²) in [7, 11) is 0. The van der Waals surface area contributed by atoms with Gasteiger partial charge in [0.05, 0.1) is 0 Å². The van der Waals surface area contributed by atoms with Crippen molar-refractivity contribution in [2.45, 2.75) is 26.7 Å². The molecule has 0 aliphatic heterocycles. The Hall–Kier alpha value is -0.540. The summed E-state index contributed by atoms with van der Waals surface area (Å²) in [5.41, 5.74) is 1.14. The lowest BCUT2D eigenvalue weighted by atomic mass is 10.1. The maximum atomic E-state index is 4.44. The Kier molecular flexibility index (Phi) is 5.73. The monoisotopic (exact) mass is 224 g/mol. The fraction of sp³-hybridized carbons (Fsp3) is 0.583. The molecule has 84 valence electrons. The van der Waals surface area contributed by atoms with Crippen LogP contribution in [0.4, 0.5) is 0 Å². The third-order valence-electron chi connectivity index (χ3n) is 2.32. The molecule has 0 atom stereocenters. The van der Waals surface area contributed by atoms with E-state index in [1.165, 1.54) is 6.42 Å². The second kappa shape index (κ2) is 6.85. The van der Waals surface area contributed by atoms with Gasteiger partial charge in [-0.05, 0) is 24.5 Å². The number of hydrogen-bond donors (Lipinski definition) is 1. The molecule has 15 heavy (non-hydrogen) atoms. The highest BCUT2D eigenvalue weighted by Gasteiger charge is 2.02. The minimum Gasteiger partial charge on any atom is -0.261 e. The Morgan fingerprint density at radius 2 is 2.13 bits per heavy atom. The van der Waals surface area contributed by atoms with Gasteiger partial charge in [0.1, 0.15) is 0 Å². The molecule has 1 rings (SSSR count). The van der Waals surface area contributed by atoms with E-state index in [9.17, 15) is 0 Å². The van der Waals surface area contributed by atoms with Crippen molar-refractivity contribution in [1.29, 1.82) is 0 Å². The average Bonchev–Trinajstić information content (AvgIpc) is 2.25. The first kappa shape index (κ1) is 12.5. The zero-order valence-electron chi connectivity index (χ0n) is 9.56. The molecular weight excluding hydrogens is 204 g/mol. The van der Waals surface area contributed by atoms with Crippen LogP contribution < -0.4 is 0 Å². The maximum absolute atomic E-state index is 4.44. The van der Waals surface area contributed by atoms with E-state index in [0.29, 0.717) is 0 Å². The molecule has 0 aliphatic carbocycles. The van der Waals surface area contributed by atoms with Crippen molar-refractivity contribution < 1.29 is 0 Å². The number of aromatic nitrogens is 1. The van der Waals surface area contributed by atoms with Gasteiger partial charge in [-0.1, -0.05) is 32.7 Å². The molecule has 1 heterocycles. The first-order valence-corrected chi connectivity index (χ1v) is 5.92. The van der Waals surface area contributed by atoms with Crippen molar-refractivity contribution in [2.24, 2.45) is 5.92 Å². The van der Waals surface area contributed by atoms with Gasteiger partial charge in [0.2, 0.25) is 0 Å². The molecule has 0 saturated heterocycles. The van der Waals surface area contributed by atoms with E-state index in [-0.39, 0.29) is 0 Å². The highest BCUT2D eigenvalue weighted by Crippen LogP contribution is 2.05. The van der Waals surface area contributed by atoms with Crippen LogP contribution in [0.3, 0.4) is 0 Å². The van der Waals surface area contributed by atoms with Crippen LogP contribution in [0.25, 0.3) is 0 Å². The smallest absolute Gasteiger partial charge is 0.0416 e. The molecular formula is C12H20N2S. The molecule has 0 amide bonds. The van der Waals surface area contributed by atoms with E-state index in [1.807, 2.05) is 18.3 Å². The Balaban J connectivity index is 2.19. The lowest BCUT2D eigenvalue weighted by molar-refractivity contribution is 0.425. The number of nitrogens with zero attached hydrogens (tertiary/aromatic N) is 2. The van der Waals surface area contributed by atoms with E-state index < -0.39 is 0 Å². The molecule has 0 saturated carbocycles. The summed E-state index contributed by atoms with van der Waals surface area (Å²) < 4.78 is 2.08. The minimum absolute atomic E-state index is 0.745. The fourth-order valence-electron chi connectivity index (χ4n) is 1.31. The molecule has 0 unspecified atom stereocenters. The topological polar surface area (TPSA) is 16.1 Å². The van der Waals surface area contributed by atoms with Crippen molar-refractivity contribution in [3.63, 3.8) is 0 Å². The highest BCUT2D eigenvalue weighted by atomic mass is 32.1. The number of hydrogen-bond acceptors (Lipinski definition) is 3. The standard InChI is InChI=1S/C12H20N2S/c1-11(2)6-9-14(15)10-7-12-5-3-4-8-13-12/h3-5,8,11,15H,6-7,9-10H2,1-2H3. The van der Waals surface area contributed by atoms with E-state index in [1.54, 1.807) is 0 Å². The van der Waals surface area contributed by atoms with Crippen molar-refractivity contribution in [1.82, 2.24) is 9.29 Å². The predicted octanol–water partition coefficient (Wildman–Crippen LogP) is 2.82. The molecule has 0 N–H and O–H groups in total. The lowest BCUT2D eigenvalue weighted by Crippen LogP contribution is -2.18. The van der Waals surface area contributed by atoms with Crippen LogP contribution >= 0.6 is 12.8 Å². The maximum Gasteiger partial charge on any atom is 0.0416 e. The molecule has 0 spiro atoms. The van der Waals surface area contributed by atoms with Crippen LogP contribution in [0.1, 0.15) is 26.0 Å². The first-order chi connectivity index (χ1) is 7.18. The van der Waals surface area contributed by atoms with E-state index in [0.717, 1.165) is 31.1 Å². The molecule has 0 bridgehead atoms. The fourth-order valence-corrected chi connectivity index (χ4v) is 1.52. The van der Waals surface area contributed by atoms with Gasteiger partial charge in [-0.25, -0.2) is 0 Å². The van der Waals surface area contributed by atoms with Gasteiger partial charge in [0, 0.05) is 31.4 Å². The second-order valence-electron chi connectivity index (χ2n) is 4.21. The van der Waals surface area contributed by atoms with Crippen molar-refractivity contribution in [3.05, 3.63) is 30.1 Å². The molecule has 0 aliphatic rings. The van der Waals surface area contributed by atoms with Gasteiger partial charge in [-0.2, -0.15) is 0 Å². The van der Waals surface area contributed by atoms with Gasteiger partial charge >= 0.3 is 0 Å². The summed E-state index contributed by atoms with van der Waals surface area (Å²) in [4.78, 5) is 4.29. The summed E-state index contributed by atoms with van der Waals surface area (Å²) in [6, 6.07) is 6.03. The van der Waals surface area contributed by atoms with Crippen LogP contribution in [-0.2, 0) is 6.42 Å². The molecule has 0 radical (unpaired) electrons. The third-order valence-corrected chi connectivity index (χ3v) is 2.72. The molecule has 0 aromatic carbocycles. The highest BCUT2D eigenvalue weighted by molar-refractivity contribution is 7.77. The Bertz CT molecular complexity index is 262. The summed E-state index contributed by atoms with van der Waals surface area (Å²) in [6.45, 7) is 6.49. The van der Waals surface area contributed by atoms with Gasteiger partial charge in [-0.3, -0.25) is 9.29 Å². The predicted molar refractivity (Wildman–Crippen MR) is 68.0 cm³/mol. The normalized spacial score (nSPS) is 11.3. The van der Waals surface area contributed by atoms with Crippen molar-refractivity contribution in [2.75, 3.05) is 13.1 Å². The van der Waals surface area contributed by atoms with E-state index in [2.05, 4.69) is 42.0 Å². The van der Waals surface area contributed by atoms with E-state index in [4.69, 9.17) is 0 Å². The van der Waals surface area contributed by atoms with Crippen LogP contribution in [0.5, 0.6) is 0 Å². The largest absolute Gasteiger partial charge is 0.261 e. The molecule has 1 aromatic heterocycles. The quantitative estimate of drug-likeness (QED) is 0.748. The Morgan fingerprint density at radius 1 is 1.33 bits per heavy atom. The molecule has 1 aromatic rings. The van der Waals surface area contributed by atoms with E-state index >= 15 is 0 Å². The summed E-state index contributed by atoms with van der Waals surface area (Å²) in [5.74, 6) is 0.745. The number of pyridine rings is 1. The Labute approximate surface area is 98.3 Å². The van der Waals surface area contributed by atoms with Crippen LogP contribution in [0, 0.1) is 5.92 Å². The lowest BCUT2D eigenvalue weighted by Gasteiger charge is -2.15. The summed E-state index contributed by atoms with van der Waals surface area (Å²) in [5, 5.41) is 0. The SMILES string of the molecule is CC(C)CCN(S)CCc1ccccn1. The van der Waals surface area contributed by atoms with Gasteiger partial charge < -0.3 is 0 Å². The van der Waals surface area contributed by atoms with Crippen LogP contribution in [0.15, 0.2) is 24.4 Å².